The molecule has 1 amide bonds. The molecule has 4 nitrogen and oxygen atoms in total. The van der Waals surface area contributed by atoms with E-state index in [1.54, 1.807) is 0 Å². The third-order valence-corrected chi connectivity index (χ3v) is 2.97. The van der Waals surface area contributed by atoms with Gasteiger partial charge >= 0.3 is 0 Å². The van der Waals surface area contributed by atoms with E-state index >= 15 is 0 Å². The van der Waals surface area contributed by atoms with Crippen LogP contribution in [0.1, 0.15) is 38.3 Å². The van der Waals surface area contributed by atoms with Crippen molar-refractivity contribution < 1.29 is 9.90 Å². The fourth-order valence-corrected chi connectivity index (χ4v) is 2.05. The minimum Gasteiger partial charge on any atom is -0.394 e. The van der Waals surface area contributed by atoms with Crippen LogP contribution in [0.15, 0.2) is 30.3 Å². The SMILES string of the molecule is CC(C)CC(CO)NC(=O)CC(N)c1ccccc1. The van der Waals surface area contributed by atoms with Gasteiger partial charge in [0.1, 0.15) is 0 Å². The molecular formula is C15H24N2O2. The minimum absolute atomic E-state index is 0.0372. The Labute approximate surface area is 115 Å². The van der Waals surface area contributed by atoms with Crippen LogP contribution in [0, 0.1) is 5.92 Å². The summed E-state index contributed by atoms with van der Waals surface area (Å²) >= 11 is 0. The molecule has 0 radical (unpaired) electrons. The van der Waals surface area contributed by atoms with Crippen molar-refractivity contribution in [1.82, 2.24) is 5.32 Å². The molecule has 4 N–H and O–H groups in total. The summed E-state index contributed by atoms with van der Waals surface area (Å²) in [5.74, 6) is 0.316. The number of nitrogens with two attached hydrogens (primary N) is 1. The van der Waals surface area contributed by atoms with Crippen molar-refractivity contribution in [3.05, 3.63) is 35.9 Å². The standard InChI is InChI=1S/C15H24N2O2/c1-11(2)8-13(10-18)17-15(19)9-14(16)12-6-4-3-5-7-12/h3-7,11,13-14,18H,8-10,16H2,1-2H3,(H,17,19). The number of aliphatic hydroxyl groups excluding tert-OH is 1. The number of hydrogen-bond acceptors (Lipinski definition) is 3. The molecule has 1 rings (SSSR count). The third kappa shape index (κ3) is 5.85. The highest BCUT2D eigenvalue weighted by Crippen LogP contribution is 2.13. The first kappa shape index (κ1) is 15.7. The second-order valence-corrected chi connectivity index (χ2v) is 5.30. The molecule has 0 saturated carbocycles. The first-order chi connectivity index (χ1) is 9.02. The van der Waals surface area contributed by atoms with Crippen LogP contribution in [0.2, 0.25) is 0 Å². The van der Waals surface area contributed by atoms with Crippen LogP contribution in [0.5, 0.6) is 0 Å². The van der Waals surface area contributed by atoms with Gasteiger partial charge in [0, 0.05) is 12.5 Å². The summed E-state index contributed by atoms with van der Waals surface area (Å²) in [6.07, 6.45) is 1.00. The molecule has 0 aliphatic rings. The fraction of sp³-hybridized carbons (Fsp3) is 0.533. The molecule has 0 aromatic heterocycles. The zero-order valence-electron chi connectivity index (χ0n) is 11.7. The number of aliphatic hydroxyl groups is 1. The Hall–Kier alpha value is -1.39. The van der Waals surface area contributed by atoms with E-state index < -0.39 is 0 Å². The maximum Gasteiger partial charge on any atom is 0.222 e. The zero-order valence-corrected chi connectivity index (χ0v) is 11.7. The van der Waals surface area contributed by atoms with Gasteiger partial charge < -0.3 is 16.2 Å². The maximum absolute atomic E-state index is 11.9. The lowest BCUT2D eigenvalue weighted by Crippen LogP contribution is -2.39. The van der Waals surface area contributed by atoms with Crippen molar-refractivity contribution in [2.75, 3.05) is 6.61 Å². The lowest BCUT2D eigenvalue weighted by molar-refractivity contribution is -0.122. The summed E-state index contributed by atoms with van der Waals surface area (Å²) in [5.41, 5.74) is 6.94. The quantitative estimate of drug-likeness (QED) is 0.700. The van der Waals surface area contributed by atoms with Gasteiger partial charge in [-0.2, -0.15) is 0 Å². The molecular weight excluding hydrogens is 240 g/mol. The summed E-state index contributed by atoms with van der Waals surface area (Å²) in [5, 5.41) is 12.1. The van der Waals surface area contributed by atoms with Crippen LogP contribution in [0.25, 0.3) is 0 Å². The van der Waals surface area contributed by atoms with Crippen molar-refractivity contribution in [2.24, 2.45) is 11.7 Å². The molecule has 19 heavy (non-hydrogen) atoms. The Balaban J connectivity index is 2.46. The minimum atomic E-state index is -0.306. The van der Waals surface area contributed by atoms with Crippen LogP contribution in [0.3, 0.4) is 0 Å². The average molecular weight is 264 g/mol. The molecule has 1 aromatic carbocycles. The monoisotopic (exact) mass is 264 g/mol. The highest BCUT2D eigenvalue weighted by Gasteiger charge is 2.16. The molecule has 0 spiro atoms. The van der Waals surface area contributed by atoms with Crippen LogP contribution in [-0.4, -0.2) is 23.7 Å². The van der Waals surface area contributed by atoms with Crippen LogP contribution in [0.4, 0.5) is 0 Å². The van der Waals surface area contributed by atoms with Crippen LogP contribution >= 0.6 is 0 Å². The van der Waals surface area contributed by atoms with Gasteiger partial charge in [0.15, 0.2) is 0 Å². The Morgan fingerprint density at radius 1 is 1.32 bits per heavy atom. The van der Waals surface area contributed by atoms with Gasteiger partial charge in [-0.15, -0.1) is 0 Å². The molecule has 1 aromatic rings. The van der Waals surface area contributed by atoms with Gasteiger partial charge in [-0.1, -0.05) is 44.2 Å². The van der Waals surface area contributed by atoms with E-state index in [4.69, 9.17) is 5.73 Å². The van der Waals surface area contributed by atoms with Crippen molar-refractivity contribution in [2.45, 2.75) is 38.8 Å². The summed E-state index contributed by atoms with van der Waals surface area (Å²) < 4.78 is 0. The number of amides is 1. The molecule has 0 heterocycles. The maximum atomic E-state index is 11.9. The van der Waals surface area contributed by atoms with E-state index in [-0.39, 0.29) is 31.0 Å². The van der Waals surface area contributed by atoms with Gasteiger partial charge in [0.05, 0.1) is 12.6 Å². The van der Waals surface area contributed by atoms with Crippen molar-refractivity contribution in [1.29, 1.82) is 0 Å². The first-order valence-electron chi connectivity index (χ1n) is 6.73. The van der Waals surface area contributed by atoms with Crippen LogP contribution in [-0.2, 0) is 4.79 Å². The Kier molecular flexibility index (Phi) is 6.53. The molecule has 0 bridgehead atoms. The van der Waals surface area contributed by atoms with E-state index in [0.717, 1.165) is 12.0 Å². The van der Waals surface area contributed by atoms with E-state index in [1.807, 2.05) is 30.3 Å². The summed E-state index contributed by atoms with van der Waals surface area (Å²) in [7, 11) is 0. The molecule has 0 aliphatic carbocycles. The van der Waals surface area contributed by atoms with Crippen molar-refractivity contribution >= 4 is 5.91 Å². The number of benzene rings is 1. The van der Waals surface area contributed by atoms with Gasteiger partial charge in [-0.05, 0) is 17.9 Å². The molecule has 106 valence electrons. The molecule has 0 fully saturated rings. The molecule has 0 saturated heterocycles. The number of carbonyl (C=O) groups excluding carboxylic acids is 1. The van der Waals surface area contributed by atoms with E-state index in [1.165, 1.54) is 0 Å². The van der Waals surface area contributed by atoms with Crippen molar-refractivity contribution in [3.8, 4) is 0 Å². The fourth-order valence-electron chi connectivity index (χ4n) is 2.05. The molecule has 2 unspecified atom stereocenters. The average Bonchev–Trinajstić information content (AvgIpc) is 2.38. The zero-order chi connectivity index (χ0) is 14.3. The van der Waals surface area contributed by atoms with Gasteiger partial charge in [-0.3, -0.25) is 4.79 Å². The van der Waals surface area contributed by atoms with E-state index in [0.29, 0.717) is 5.92 Å². The Bertz CT molecular complexity index is 379. The molecule has 2 atom stereocenters. The highest BCUT2D eigenvalue weighted by molar-refractivity contribution is 5.77. The number of carbonyl (C=O) groups is 1. The summed E-state index contributed by atoms with van der Waals surface area (Å²) in [6, 6.07) is 9.06. The largest absolute Gasteiger partial charge is 0.394 e. The summed E-state index contributed by atoms with van der Waals surface area (Å²) in [6.45, 7) is 4.08. The smallest absolute Gasteiger partial charge is 0.222 e. The molecule has 4 heteroatoms. The summed E-state index contributed by atoms with van der Waals surface area (Å²) in [4.78, 5) is 11.9. The number of nitrogens with one attached hydrogen (secondary N) is 1. The topological polar surface area (TPSA) is 75.3 Å². The van der Waals surface area contributed by atoms with E-state index in [9.17, 15) is 9.90 Å². The van der Waals surface area contributed by atoms with Gasteiger partial charge in [0.25, 0.3) is 0 Å². The predicted octanol–water partition coefficient (Wildman–Crippen LogP) is 1.60. The lowest BCUT2D eigenvalue weighted by Gasteiger charge is -2.19. The molecule has 0 aliphatic heterocycles. The van der Waals surface area contributed by atoms with Gasteiger partial charge in [-0.25, -0.2) is 0 Å². The lowest BCUT2D eigenvalue weighted by atomic mass is 10.0. The highest BCUT2D eigenvalue weighted by atomic mass is 16.3. The third-order valence-electron chi connectivity index (χ3n) is 2.97. The Morgan fingerprint density at radius 3 is 2.47 bits per heavy atom. The second-order valence-electron chi connectivity index (χ2n) is 5.30. The van der Waals surface area contributed by atoms with Crippen LogP contribution < -0.4 is 11.1 Å². The Morgan fingerprint density at radius 2 is 1.95 bits per heavy atom. The predicted molar refractivity (Wildman–Crippen MR) is 76.5 cm³/mol. The van der Waals surface area contributed by atoms with Crippen molar-refractivity contribution in [3.63, 3.8) is 0 Å². The first-order valence-corrected chi connectivity index (χ1v) is 6.73. The van der Waals surface area contributed by atoms with E-state index in [2.05, 4.69) is 19.2 Å². The normalized spacial score (nSPS) is 14.2. The van der Waals surface area contributed by atoms with Gasteiger partial charge in [0.2, 0.25) is 5.91 Å². The second kappa shape index (κ2) is 7.92. The number of hydrogen-bond donors (Lipinski definition) is 3. The number of rotatable bonds is 7.